The van der Waals surface area contributed by atoms with Crippen LogP contribution in [0.5, 0.6) is 0 Å². The fraction of sp³-hybridized carbons (Fsp3) is 0.0278. The van der Waals surface area contributed by atoms with Crippen molar-refractivity contribution >= 4 is 44.9 Å². The van der Waals surface area contributed by atoms with Crippen LogP contribution in [0.1, 0.15) is 5.82 Å². The van der Waals surface area contributed by atoms with Gasteiger partial charge in [-0.15, -0.1) is 0 Å². The van der Waals surface area contributed by atoms with Crippen molar-refractivity contribution in [3.05, 3.63) is 139 Å². The van der Waals surface area contributed by atoms with Gasteiger partial charge in [-0.3, -0.25) is 4.57 Å². The van der Waals surface area contributed by atoms with E-state index in [2.05, 4.69) is 83.4 Å². The predicted octanol–water partition coefficient (Wildman–Crippen LogP) is 7.77. The Kier molecular flexibility index (Phi) is 5.01. The summed E-state index contributed by atoms with van der Waals surface area (Å²) >= 11 is 0. The summed E-state index contributed by atoms with van der Waals surface area (Å²) in [5, 5.41) is 4.94. The van der Waals surface area contributed by atoms with Crippen LogP contribution in [-0.2, 0) is 4.57 Å². The maximum absolute atomic E-state index is 15.4. The number of aromatic nitrogens is 2. The Morgan fingerprint density at radius 1 is 0.575 bits per heavy atom. The third kappa shape index (κ3) is 3.31. The number of para-hydroxylation sites is 1. The van der Waals surface area contributed by atoms with Gasteiger partial charge in [-0.2, -0.15) is 0 Å². The summed E-state index contributed by atoms with van der Waals surface area (Å²) < 4.78 is 17.6. The van der Waals surface area contributed by atoms with Gasteiger partial charge in [-0.25, -0.2) is 4.98 Å². The Bertz CT molecular complexity index is 2150. The minimum Gasteiger partial charge on any atom is -0.308 e. The SMILES string of the molecule is Cc1nc2cccc3c2n1-c1ccc(-c2ccc4cc(-c5ccccc5)ccc4c2)cc1P3(=O)c1ccccc1. The van der Waals surface area contributed by atoms with Crippen LogP contribution in [0.2, 0.25) is 0 Å². The second-order valence-corrected chi connectivity index (χ2v) is 13.1. The number of benzene rings is 6. The zero-order valence-electron chi connectivity index (χ0n) is 22.0. The van der Waals surface area contributed by atoms with Crippen molar-refractivity contribution in [2.75, 3.05) is 0 Å². The topological polar surface area (TPSA) is 34.9 Å². The summed E-state index contributed by atoms with van der Waals surface area (Å²) in [7, 11) is -3.15. The van der Waals surface area contributed by atoms with Crippen molar-refractivity contribution in [3.8, 4) is 27.9 Å². The van der Waals surface area contributed by atoms with Crippen LogP contribution in [0.25, 0.3) is 49.7 Å². The van der Waals surface area contributed by atoms with E-state index in [9.17, 15) is 0 Å². The van der Waals surface area contributed by atoms with Crippen LogP contribution in [-0.4, -0.2) is 9.55 Å². The zero-order valence-corrected chi connectivity index (χ0v) is 22.8. The smallest absolute Gasteiger partial charge is 0.175 e. The lowest BCUT2D eigenvalue weighted by Crippen LogP contribution is -2.33. The van der Waals surface area contributed by atoms with Gasteiger partial charge in [0.25, 0.3) is 0 Å². The van der Waals surface area contributed by atoms with Gasteiger partial charge in [0.2, 0.25) is 0 Å². The quantitative estimate of drug-likeness (QED) is 0.218. The average Bonchev–Trinajstić information content (AvgIpc) is 3.36. The minimum atomic E-state index is -3.15. The summed E-state index contributed by atoms with van der Waals surface area (Å²) in [5.41, 5.74) is 7.36. The van der Waals surface area contributed by atoms with Crippen LogP contribution in [0, 0.1) is 6.92 Å². The molecule has 1 aliphatic rings. The van der Waals surface area contributed by atoms with Crippen molar-refractivity contribution in [1.82, 2.24) is 9.55 Å². The van der Waals surface area contributed by atoms with Crippen molar-refractivity contribution in [2.24, 2.45) is 0 Å². The van der Waals surface area contributed by atoms with Crippen LogP contribution in [0.15, 0.2) is 133 Å². The Balaban J connectivity index is 1.33. The number of rotatable bonds is 3. The van der Waals surface area contributed by atoms with Gasteiger partial charge in [-0.1, -0.05) is 97.1 Å². The van der Waals surface area contributed by atoms with Gasteiger partial charge in [0, 0.05) is 15.9 Å². The van der Waals surface area contributed by atoms with E-state index in [1.165, 1.54) is 21.9 Å². The first-order chi connectivity index (χ1) is 19.6. The first-order valence-corrected chi connectivity index (χ1v) is 15.2. The molecule has 0 aliphatic carbocycles. The van der Waals surface area contributed by atoms with E-state index >= 15 is 4.57 Å². The molecule has 0 saturated heterocycles. The number of hydrogen-bond acceptors (Lipinski definition) is 2. The molecule has 1 aromatic heterocycles. The summed E-state index contributed by atoms with van der Waals surface area (Å²) in [6.07, 6.45) is 0. The molecule has 1 aliphatic heterocycles. The molecule has 0 spiro atoms. The molecular formula is C36H25N2OP. The second-order valence-electron chi connectivity index (χ2n) is 10.4. The van der Waals surface area contributed by atoms with E-state index in [0.717, 1.165) is 49.6 Å². The zero-order chi connectivity index (χ0) is 26.8. The minimum absolute atomic E-state index is 0.845. The van der Waals surface area contributed by atoms with Gasteiger partial charge < -0.3 is 4.57 Å². The number of imidazole rings is 1. The van der Waals surface area contributed by atoms with Crippen molar-refractivity contribution in [1.29, 1.82) is 0 Å². The normalized spacial score (nSPS) is 15.8. The van der Waals surface area contributed by atoms with E-state index in [4.69, 9.17) is 4.98 Å². The molecule has 3 nitrogen and oxygen atoms in total. The van der Waals surface area contributed by atoms with Crippen LogP contribution in [0.3, 0.4) is 0 Å². The molecule has 4 heteroatoms. The van der Waals surface area contributed by atoms with Crippen LogP contribution >= 0.6 is 7.14 Å². The van der Waals surface area contributed by atoms with E-state index in [1.54, 1.807) is 0 Å². The second kappa shape index (κ2) is 8.64. The maximum atomic E-state index is 15.4. The fourth-order valence-electron chi connectivity index (χ4n) is 6.20. The van der Waals surface area contributed by atoms with Gasteiger partial charge in [0.05, 0.1) is 16.7 Å². The standard InChI is InChI=1S/C36H25N2OP/c1-24-37-32-13-8-14-34-36(32)38(24)33-20-19-30(23-35(33)40(34,39)31-11-6-3-7-12-31)29-18-17-27-21-26(15-16-28(27)22-29)25-9-4-2-5-10-25/h2-23H,1H3. The fourth-order valence-corrected chi connectivity index (χ4v) is 9.23. The van der Waals surface area contributed by atoms with E-state index < -0.39 is 7.14 Å². The Hall–Kier alpha value is -4.72. The molecule has 1 atom stereocenters. The molecule has 40 heavy (non-hydrogen) atoms. The van der Waals surface area contributed by atoms with E-state index in [1.807, 2.05) is 61.5 Å². The molecule has 1 unspecified atom stereocenters. The lowest BCUT2D eigenvalue weighted by Gasteiger charge is -2.29. The summed E-state index contributed by atoms with van der Waals surface area (Å²) in [4.78, 5) is 4.83. The van der Waals surface area contributed by atoms with Crippen molar-refractivity contribution < 1.29 is 4.57 Å². The summed E-state index contributed by atoms with van der Waals surface area (Å²) in [6, 6.07) is 46.0. The molecule has 0 radical (unpaired) electrons. The molecule has 2 heterocycles. The lowest BCUT2D eigenvalue weighted by molar-refractivity contribution is 0.592. The Morgan fingerprint density at radius 2 is 1.20 bits per heavy atom. The van der Waals surface area contributed by atoms with Gasteiger partial charge in [0.1, 0.15) is 5.82 Å². The molecule has 190 valence electrons. The van der Waals surface area contributed by atoms with Crippen LogP contribution in [0.4, 0.5) is 0 Å². The van der Waals surface area contributed by atoms with Crippen molar-refractivity contribution in [2.45, 2.75) is 6.92 Å². The first kappa shape index (κ1) is 23.2. The Morgan fingerprint density at radius 3 is 1.93 bits per heavy atom. The molecule has 0 fully saturated rings. The molecule has 0 N–H and O–H groups in total. The summed E-state index contributed by atoms with van der Waals surface area (Å²) in [6.45, 7) is 2.02. The summed E-state index contributed by atoms with van der Waals surface area (Å²) in [5.74, 6) is 0.899. The molecule has 8 rings (SSSR count). The monoisotopic (exact) mass is 532 g/mol. The molecule has 0 bridgehead atoms. The molecule has 0 saturated carbocycles. The van der Waals surface area contributed by atoms with Gasteiger partial charge in [-0.05, 0) is 76.3 Å². The highest BCUT2D eigenvalue weighted by atomic mass is 31.2. The number of fused-ring (bicyclic) bond motifs is 3. The highest BCUT2D eigenvalue weighted by Crippen LogP contribution is 2.50. The van der Waals surface area contributed by atoms with E-state index in [0.29, 0.717) is 0 Å². The molecule has 0 amide bonds. The molecular weight excluding hydrogens is 507 g/mol. The maximum Gasteiger partial charge on any atom is 0.175 e. The first-order valence-electron chi connectivity index (χ1n) is 13.5. The number of hydrogen-bond donors (Lipinski definition) is 0. The lowest BCUT2D eigenvalue weighted by atomic mass is 9.97. The largest absolute Gasteiger partial charge is 0.308 e. The Labute approximate surface area is 232 Å². The number of nitrogens with zero attached hydrogens (tertiary/aromatic N) is 2. The highest BCUT2D eigenvalue weighted by Gasteiger charge is 2.39. The average molecular weight is 533 g/mol. The molecule has 6 aromatic carbocycles. The molecule has 7 aromatic rings. The third-order valence-electron chi connectivity index (χ3n) is 8.12. The van der Waals surface area contributed by atoms with E-state index in [-0.39, 0.29) is 0 Å². The van der Waals surface area contributed by atoms with Gasteiger partial charge >= 0.3 is 0 Å². The highest BCUT2D eigenvalue weighted by molar-refractivity contribution is 7.86. The third-order valence-corrected chi connectivity index (χ3v) is 11.2. The predicted molar refractivity (Wildman–Crippen MR) is 167 cm³/mol. The van der Waals surface area contributed by atoms with Crippen LogP contribution < -0.4 is 15.9 Å². The number of aryl methyl sites for hydroxylation is 1. The van der Waals surface area contributed by atoms with Crippen molar-refractivity contribution in [3.63, 3.8) is 0 Å². The van der Waals surface area contributed by atoms with Gasteiger partial charge in [0.15, 0.2) is 7.14 Å².